The fraction of sp³-hybridized carbons (Fsp3) is 0.444. The summed E-state index contributed by atoms with van der Waals surface area (Å²) in [5.74, 6) is -0.652. The molecule has 7 heteroatoms. The highest BCUT2D eigenvalue weighted by Crippen LogP contribution is 2.16. The SMILES string of the molecule is CCCc1nc(CS(=O)(=O)C(C)C(=O)NCCc2ccccc2)cs1. The molecule has 25 heavy (non-hydrogen) atoms. The Balaban J connectivity index is 1.87. The number of hydrogen-bond acceptors (Lipinski definition) is 5. The van der Waals surface area contributed by atoms with Crippen molar-refractivity contribution in [3.8, 4) is 0 Å². The zero-order chi connectivity index (χ0) is 18.3. The Kier molecular flexibility index (Phi) is 7.13. The first-order valence-corrected chi connectivity index (χ1v) is 11.0. The van der Waals surface area contributed by atoms with E-state index >= 15 is 0 Å². The summed E-state index contributed by atoms with van der Waals surface area (Å²) >= 11 is 1.47. The number of nitrogens with one attached hydrogen (secondary N) is 1. The lowest BCUT2D eigenvalue weighted by atomic mass is 10.1. The molecule has 0 radical (unpaired) electrons. The summed E-state index contributed by atoms with van der Waals surface area (Å²) in [6.45, 7) is 3.91. The third-order valence-electron chi connectivity index (χ3n) is 3.88. The lowest BCUT2D eigenvalue weighted by Gasteiger charge is -2.12. The van der Waals surface area contributed by atoms with Crippen LogP contribution in [0.5, 0.6) is 0 Å². The van der Waals surface area contributed by atoms with Gasteiger partial charge in [-0.3, -0.25) is 4.79 Å². The van der Waals surface area contributed by atoms with Gasteiger partial charge in [0.2, 0.25) is 5.91 Å². The van der Waals surface area contributed by atoms with E-state index in [0.717, 1.165) is 23.4 Å². The standard InChI is InChI=1S/C18H24N2O3S2/c1-3-7-17-20-16(12-24-17)13-25(22,23)14(2)18(21)19-11-10-15-8-5-4-6-9-15/h4-6,8-9,12,14H,3,7,10-11,13H2,1-2H3,(H,19,21). The summed E-state index contributed by atoms with van der Waals surface area (Å²) in [7, 11) is -3.58. The van der Waals surface area contributed by atoms with Crippen molar-refractivity contribution >= 4 is 27.1 Å². The van der Waals surface area contributed by atoms with Gasteiger partial charge in [-0.2, -0.15) is 0 Å². The largest absolute Gasteiger partial charge is 0.355 e. The van der Waals surface area contributed by atoms with Gasteiger partial charge in [0.25, 0.3) is 0 Å². The van der Waals surface area contributed by atoms with Gasteiger partial charge in [-0.15, -0.1) is 11.3 Å². The van der Waals surface area contributed by atoms with Crippen molar-refractivity contribution < 1.29 is 13.2 Å². The molecule has 0 bridgehead atoms. The quantitative estimate of drug-likeness (QED) is 0.726. The van der Waals surface area contributed by atoms with E-state index in [-0.39, 0.29) is 5.75 Å². The van der Waals surface area contributed by atoms with Crippen LogP contribution in [0.1, 0.15) is 36.5 Å². The maximum Gasteiger partial charge on any atom is 0.238 e. The summed E-state index contributed by atoms with van der Waals surface area (Å²) < 4.78 is 24.9. The van der Waals surface area contributed by atoms with Crippen LogP contribution in [0.2, 0.25) is 0 Å². The zero-order valence-electron chi connectivity index (χ0n) is 14.6. The van der Waals surface area contributed by atoms with Crippen LogP contribution in [-0.2, 0) is 33.2 Å². The number of nitrogens with zero attached hydrogens (tertiary/aromatic N) is 1. The highest BCUT2D eigenvalue weighted by Gasteiger charge is 2.28. The first-order valence-electron chi connectivity index (χ1n) is 8.39. The summed E-state index contributed by atoms with van der Waals surface area (Å²) in [6, 6.07) is 9.75. The Hall–Kier alpha value is -1.73. The molecule has 0 aliphatic rings. The van der Waals surface area contributed by atoms with Gasteiger partial charge in [0, 0.05) is 11.9 Å². The molecule has 0 saturated heterocycles. The van der Waals surface area contributed by atoms with Crippen LogP contribution in [0.25, 0.3) is 0 Å². The highest BCUT2D eigenvalue weighted by molar-refractivity contribution is 7.92. The lowest BCUT2D eigenvalue weighted by Crippen LogP contribution is -2.39. The van der Waals surface area contributed by atoms with E-state index in [4.69, 9.17) is 0 Å². The first-order chi connectivity index (χ1) is 11.9. The molecule has 136 valence electrons. The van der Waals surface area contributed by atoms with Crippen LogP contribution in [0.15, 0.2) is 35.7 Å². The van der Waals surface area contributed by atoms with Gasteiger partial charge in [0.05, 0.1) is 16.5 Å². The zero-order valence-corrected chi connectivity index (χ0v) is 16.2. The van der Waals surface area contributed by atoms with Gasteiger partial charge in [-0.25, -0.2) is 13.4 Å². The second kappa shape index (κ2) is 9.10. The van der Waals surface area contributed by atoms with Crippen molar-refractivity contribution in [3.05, 3.63) is 52.0 Å². The molecule has 1 aromatic heterocycles. The molecule has 1 atom stereocenters. The predicted octanol–water partition coefficient (Wildman–Crippen LogP) is 2.76. The number of sulfone groups is 1. The average Bonchev–Trinajstić information content (AvgIpc) is 3.01. The fourth-order valence-electron chi connectivity index (χ4n) is 2.36. The summed E-state index contributed by atoms with van der Waals surface area (Å²) in [5.41, 5.74) is 1.63. The van der Waals surface area contributed by atoms with Crippen LogP contribution < -0.4 is 5.32 Å². The third kappa shape index (κ3) is 5.93. The minimum Gasteiger partial charge on any atom is -0.355 e. The number of thiazole rings is 1. The maximum absolute atomic E-state index is 12.4. The number of hydrogen-bond donors (Lipinski definition) is 1. The molecule has 1 amide bonds. The van der Waals surface area contributed by atoms with Gasteiger partial charge in [-0.05, 0) is 31.7 Å². The minimum absolute atomic E-state index is 0.194. The minimum atomic E-state index is -3.58. The first kappa shape index (κ1) is 19.6. The van der Waals surface area contributed by atoms with E-state index in [9.17, 15) is 13.2 Å². The number of carbonyl (C=O) groups is 1. The topological polar surface area (TPSA) is 76.1 Å². The van der Waals surface area contributed by atoms with Crippen molar-refractivity contribution in [1.29, 1.82) is 0 Å². The molecule has 2 aromatic rings. The van der Waals surface area contributed by atoms with Gasteiger partial charge in [-0.1, -0.05) is 37.3 Å². The highest BCUT2D eigenvalue weighted by atomic mass is 32.2. The van der Waals surface area contributed by atoms with Gasteiger partial charge < -0.3 is 5.32 Å². The van der Waals surface area contributed by atoms with Crippen LogP contribution in [0.4, 0.5) is 0 Å². The molecule has 0 spiro atoms. The molecule has 0 aliphatic carbocycles. The van der Waals surface area contributed by atoms with Gasteiger partial charge in [0.15, 0.2) is 9.84 Å². The third-order valence-corrected chi connectivity index (χ3v) is 6.82. The van der Waals surface area contributed by atoms with Crippen molar-refractivity contribution in [2.75, 3.05) is 6.54 Å². The Morgan fingerprint density at radius 3 is 2.64 bits per heavy atom. The van der Waals surface area contributed by atoms with Crippen LogP contribution in [-0.4, -0.2) is 31.1 Å². The molecule has 2 rings (SSSR count). The number of benzene rings is 1. The second-order valence-electron chi connectivity index (χ2n) is 5.96. The Morgan fingerprint density at radius 1 is 1.24 bits per heavy atom. The van der Waals surface area contributed by atoms with E-state index in [1.165, 1.54) is 18.3 Å². The molecule has 0 aliphatic heterocycles. The van der Waals surface area contributed by atoms with E-state index in [1.807, 2.05) is 30.3 Å². The van der Waals surface area contributed by atoms with E-state index in [2.05, 4.69) is 17.2 Å². The van der Waals surface area contributed by atoms with E-state index in [1.54, 1.807) is 5.38 Å². The molecule has 1 aromatic carbocycles. The van der Waals surface area contributed by atoms with Crippen LogP contribution in [0, 0.1) is 0 Å². The molecule has 1 N–H and O–H groups in total. The van der Waals surface area contributed by atoms with E-state index < -0.39 is 21.0 Å². The normalized spacial score (nSPS) is 12.7. The number of amides is 1. The number of rotatable bonds is 9. The predicted molar refractivity (Wildman–Crippen MR) is 101 cm³/mol. The molecule has 5 nitrogen and oxygen atoms in total. The number of carbonyl (C=O) groups excluding carboxylic acids is 1. The van der Waals surface area contributed by atoms with Crippen LogP contribution in [0.3, 0.4) is 0 Å². The molecule has 1 unspecified atom stereocenters. The Labute approximate surface area is 153 Å². The fourth-order valence-corrected chi connectivity index (χ4v) is 4.58. The summed E-state index contributed by atoms with van der Waals surface area (Å²) in [5, 5.41) is 4.33. The number of aromatic nitrogens is 1. The van der Waals surface area contributed by atoms with Crippen LogP contribution >= 0.6 is 11.3 Å². The molecular formula is C18H24N2O3S2. The summed E-state index contributed by atoms with van der Waals surface area (Å²) in [6.07, 6.45) is 2.49. The summed E-state index contributed by atoms with van der Waals surface area (Å²) in [4.78, 5) is 16.5. The van der Waals surface area contributed by atoms with Crippen molar-refractivity contribution in [2.45, 2.75) is 44.1 Å². The second-order valence-corrected chi connectivity index (χ2v) is 9.22. The van der Waals surface area contributed by atoms with Crippen molar-refractivity contribution in [2.24, 2.45) is 0 Å². The molecule has 0 fully saturated rings. The molecule has 0 saturated carbocycles. The van der Waals surface area contributed by atoms with Crippen molar-refractivity contribution in [3.63, 3.8) is 0 Å². The Morgan fingerprint density at radius 2 is 1.96 bits per heavy atom. The van der Waals surface area contributed by atoms with Crippen molar-refractivity contribution in [1.82, 2.24) is 10.3 Å². The van der Waals surface area contributed by atoms with E-state index in [0.29, 0.717) is 18.7 Å². The smallest absolute Gasteiger partial charge is 0.238 e. The lowest BCUT2D eigenvalue weighted by molar-refractivity contribution is -0.120. The maximum atomic E-state index is 12.4. The van der Waals surface area contributed by atoms with Gasteiger partial charge >= 0.3 is 0 Å². The molecule has 1 heterocycles. The average molecular weight is 381 g/mol. The monoisotopic (exact) mass is 380 g/mol. The number of aryl methyl sites for hydroxylation is 1. The molecular weight excluding hydrogens is 356 g/mol. The van der Waals surface area contributed by atoms with Gasteiger partial charge in [0.1, 0.15) is 5.25 Å². The Bertz CT molecular complexity index is 786.